The Hall–Kier alpha value is -3.31. The molecule has 0 radical (unpaired) electrons. The molecule has 2 aliphatic heterocycles. The van der Waals surface area contributed by atoms with Crippen LogP contribution in [0.5, 0.6) is 0 Å². The van der Waals surface area contributed by atoms with Gasteiger partial charge in [-0.15, -0.1) is 11.3 Å². The number of hydrogen-bond donors (Lipinski definition) is 2. The number of ether oxygens (including phenoxy) is 2. The Morgan fingerprint density at radius 1 is 1.07 bits per heavy atom. The lowest BCUT2D eigenvalue weighted by molar-refractivity contribution is 0.0693. The first-order valence-electron chi connectivity index (χ1n) is 13.6. The van der Waals surface area contributed by atoms with Crippen molar-refractivity contribution in [2.45, 2.75) is 26.4 Å². The van der Waals surface area contributed by atoms with Crippen molar-refractivity contribution in [1.82, 2.24) is 0 Å². The van der Waals surface area contributed by atoms with Gasteiger partial charge in [-0.3, -0.25) is 4.99 Å². The Morgan fingerprint density at radius 2 is 1.85 bits per heavy atom. The summed E-state index contributed by atoms with van der Waals surface area (Å²) in [6.45, 7) is 11.5. The summed E-state index contributed by atoms with van der Waals surface area (Å²) in [4.78, 5) is 31.3. The van der Waals surface area contributed by atoms with Crippen LogP contribution < -0.4 is 10.1 Å². The molecule has 0 spiro atoms. The van der Waals surface area contributed by atoms with Crippen molar-refractivity contribution in [2.24, 2.45) is 4.99 Å². The van der Waals surface area contributed by atoms with Gasteiger partial charge in [0.15, 0.2) is 0 Å². The van der Waals surface area contributed by atoms with Crippen molar-refractivity contribution >= 4 is 53.5 Å². The molecule has 2 aromatic rings. The van der Waals surface area contributed by atoms with E-state index in [9.17, 15) is 19.8 Å². The third kappa shape index (κ3) is 5.36. The van der Waals surface area contributed by atoms with Gasteiger partial charge in [0.25, 0.3) is 0 Å². The fourth-order valence-corrected chi connectivity index (χ4v) is 9.47. The molecular formula is C30H34N2O6SSi. The van der Waals surface area contributed by atoms with E-state index in [1.54, 1.807) is 0 Å². The number of carboxylic acid groups (broad SMARTS) is 2. The number of hydrogen-bond acceptors (Lipinski definition) is 7. The second kappa shape index (κ2) is 11.7. The van der Waals surface area contributed by atoms with Crippen LogP contribution in [0.4, 0.5) is 5.69 Å². The third-order valence-corrected chi connectivity index (χ3v) is 12.2. The molecule has 1 aliphatic carbocycles. The molecule has 10 heteroatoms. The standard InChI is InChI=1S/C30H34N2O6SSi/c1-4-12-37-13-9-31-19-5-7-21-25(16-19)40(2,3)26-17-20(32-10-14-38-15-11-32)6-8-22(26)27(21)23-18-24(29(33)34)39-28(23)30(35)36/h5-8,16-18H,4,9-15H2,1-3H3,(H,33,34)(H,35,36)/b31-19+. The number of allylic oxidation sites excluding steroid dienone is 5. The van der Waals surface area contributed by atoms with Gasteiger partial charge in [-0.25, -0.2) is 9.59 Å². The first-order chi connectivity index (χ1) is 19.2. The van der Waals surface area contributed by atoms with E-state index < -0.39 is 20.0 Å². The SMILES string of the molecule is CCCOCC/N=C1\C=CC2=C(c3cc(C(=O)O)sc3C(=O)O)c3ccc(N4CCOCC4)cc3[Si](C)(C)C2=C1. The molecule has 3 heterocycles. The van der Waals surface area contributed by atoms with Crippen LogP contribution in [0, 0.1) is 0 Å². The molecule has 1 aromatic carbocycles. The highest BCUT2D eigenvalue weighted by molar-refractivity contribution is 7.16. The van der Waals surface area contributed by atoms with Crippen molar-refractivity contribution in [3.8, 4) is 0 Å². The molecule has 8 nitrogen and oxygen atoms in total. The minimum absolute atomic E-state index is 0.00807. The zero-order chi connectivity index (χ0) is 28.4. The maximum absolute atomic E-state index is 12.3. The number of carbonyl (C=O) groups is 2. The molecule has 1 saturated heterocycles. The van der Waals surface area contributed by atoms with Crippen LogP contribution in [0.2, 0.25) is 13.1 Å². The predicted molar refractivity (Wildman–Crippen MR) is 161 cm³/mol. The Labute approximate surface area is 239 Å². The number of carboxylic acids is 2. The number of benzene rings is 1. The van der Waals surface area contributed by atoms with E-state index in [2.05, 4.69) is 49.2 Å². The molecule has 0 saturated carbocycles. The van der Waals surface area contributed by atoms with Crippen LogP contribution in [0.1, 0.15) is 43.8 Å². The summed E-state index contributed by atoms with van der Waals surface area (Å²) in [6, 6.07) is 7.94. The lowest BCUT2D eigenvalue weighted by Crippen LogP contribution is -2.50. The maximum Gasteiger partial charge on any atom is 0.346 e. The second-order valence-electron chi connectivity index (χ2n) is 10.5. The number of anilines is 1. The lowest BCUT2D eigenvalue weighted by atomic mass is 9.89. The topological polar surface area (TPSA) is 109 Å². The van der Waals surface area contributed by atoms with Gasteiger partial charge in [-0.05, 0) is 63.9 Å². The summed E-state index contributed by atoms with van der Waals surface area (Å²) >= 11 is 0.802. The summed E-state index contributed by atoms with van der Waals surface area (Å²) in [5.41, 5.74) is 5.11. The van der Waals surface area contributed by atoms with Crippen molar-refractivity contribution in [3.63, 3.8) is 0 Å². The number of fused-ring (bicyclic) bond motifs is 2. The van der Waals surface area contributed by atoms with Crippen molar-refractivity contribution in [1.29, 1.82) is 0 Å². The lowest BCUT2D eigenvalue weighted by Gasteiger charge is -2.39. The minimum Gasteiger partial charge on any atom is -0.477 e. The number of thiophene rings is 1. The van der Waals surface area contributed by atoms with E-state index in [4.69, 9.17) is 14.5 Å². The second-order valence-corrected chi connectivity index (χ2v) is 15.9. The van der Waals surface area contributed by atoms with Gasteiger partial charge in [0, 0.05) is 30.9 Å². The molecule has 0 atom stereocenters. The molecule has 3 aliphatic rings. The number of aromatic carboxylic acids is 2. The van der Waals surface area contributed by atoms with Crippen LogP contribution >= 0.6 is 11.3 Å². The number of morpholine rings is 1. The number of nitrogens with zero attached hydrogens (tertiary/aromatic N) is 2. The van der Waals surface area contributed by atoms with E-state index in [1.165, 1.54) is 11.3 Å². The normalized spacial score (nSPS) is 18.9. The number of rotatable bonds is 9. The van der Waals surface area contributed by atoms with E-state index in [-0.39, 0.29) is 9.75 Å². The average molecular weight is 579 g/mol. The molecule has 0 unspecified atom stereocenters. The van der Waals surface area contributed by atoms with Gasteiger partial charge >= 0.3 is 11.9 Å². The van der Waals surface area contributed by atoms with Gasteiger partial charge in [0.1, 0.15) is 17.8 Å². The highest BCUT2D eigenvalue weighted by Crippen LogP contribution is 2.44. The van der Waals surface area contributed by atoms with Crippen molar-refractivity contribution in [3.05, 3.63) is 74.1 Å². The van der Waals surface area contributed by atoms with Crippen LogP contribution in [0.15, 0.2) is 58.3 Å². The quantitative estimate of drug-likeness (QED) is 0.330. The predicted octanol–water partition coefficient (Wildman–Crippen LogP) is 4.62. The highest BCUT2D eigenvalue weighted by atomic mass is 32.1. The maximum atomic E-state index is 12.3. The third-order valence-electron chi connectivity index (χ3n) is 7.55. The number of aliphatic imine (C=N–C) groups is 1. The van der Waals surface area contributed by atoms with Crippen LogP contribution in [0.3, 0.4) is 0 Å². The molecule has 1 aromatic heterocycles. The van der Waals surface area contributed by atoms with Crippen molar-refractivity contribution < 1.29 is 29.3 Å². The van der Waals surface area contributed by atoms with Crippen molar-refractivity contribution in [2.75, 3.05) is 51.0 Å². The highest BCUT2D eigenvalue weighted by Gasteiger charge is 2.41. The molecule has 40 heavy (non-hydrogen) atoms. The van der Waals surface area contributed by atoms with Crippen LogP contribution in [0.25, 0.3) is 5.57 Å². The Balaban J connectivity index is 1.69. The molecule has 1 fully saturated rings. The molecule has 210 valence electrons. The van der Waals surface area contributed by atoms with Gasteiger partial charge in [-0.1, -0.05) is 32.2 Å². The Bertz CT molecular complexity index is 1460. The first kappa shape index (κ1) is 28.2. The largest absolute Gasteiger partial charge is 0.477 e. The van der Waals surface area contributed by atoms with Gasteiger partial charge < -0.3 is 24.6 Å². The summed E-state index contributed by atoms with van der Waals surface area (Å²) in [5.74, 6) is -2.26. The van der Waals surface area contributed by atoms with Gasteiger partial charge in [-0.2, -0.15) is 0 Å². The zero-order valence-electron chi connectivity index (χ0n) is 23.0. The Kier molecular flexibility index (Phi) is 8.23. The first-order valence-corrected chi connectivity index (χ1v) is 17.4. The fourth-order valence-electron chi connectivity index (χ4n) is 5.56. The molecule has 5 rings (SSSR count). The van der Waals surface area contributed by atoms with E-state index in [0.29, 0.717) is 38.5 Å². The monoisotopic (exact) mass is 578 g/mol. The van der Waals surface area contributed by atoms with Gasteiger partial charge in [0.05, 0.1) is 32.1 Å². The van der Waals surface area contributed by atoms with E-state index in [0.717, 1.165) is 64.2 Å². The van der Waals surface area contributed by atoms with E-state index >= 15 is 0 Å². The van der Waals surface area contributed by atoms with Crippen LogP contribution in [-0.4, -0.2) is 82.0 Å². The Morgan fingerprint density at radius 3 is 2.55 bits per heavy atom. The molecule has 0 bridgehead atoms. The molecule has 2 N–H and O–H groups in total. The van der Waals surface area contributed by atoms with Gasteiger partial charge in [0.2, 0.25) is 0 Å². The molecule has 0 amide bonds. The summed E-state index contributed by atoms with van der Waals surface area (Å²) < 4.78 is 11.2. The van der Waals surface area contributed by atoms with Crippen LogP contribution in [-0.2, 0) is 9.47 Å². The average Bonchev–Trinajstić information content (AvgIpc) is 3.40. The fraction of sp³-hybridized carbons (Fsp3) is 0.367. The molecular weight excluding hydrogens is 544 g/mol. The summed E-state index contributed by atoms with van der Waals surface area (Å²) in [5, 5.41) is 22.1. The smallest absolute Gasteiger partial charge is 0.346 e. The van der Waals surface area contributed by atoms with E-state index in [1.807, 2.05) is 12.2 Å². The summed E-state index contributed by atoms with van der Waals surface area (Å²) in [6.07, 6.45) is 7.08. The zero-order valence-corrected chi connectivity index (χ0v) is 24.8. The summed E-state index contributed by atoms with van der Waals surface area (Å²) in [7, 11) is -2.28. The minimum atomic E-state index is -2.28.